The topological polar surface area (TPSA) is 12.0 Å². The van der Waals surface area contributed by atoms with Crippen molar-refractivity contribution in [2.24, 2.45) is 5.92 Å². The predicted octanol–water partition coefficient (Wildman–Crippen LogP) is 4.36. The molecule has 18 heavy (non-hydrogen) atoms. The lowest BCUT2D eigenvalue weighted by atomic mass is 9.96. The highest BCUT2D eigenvalue weighted by atomic mass is 19.1. The molecule has 1 aromatic rings. The van der Waals surface area contributed by atoms with Gasteiger partial charge in [-0.2, -0.15) is 0 Å². The Morgan fingerprint density at radius 2 is 1.78 bits per heavy atom. The molecule has 0 fully saturated rings. The van der Waals surface area contributed by atoms with Crippen molar-refractivity contribution in [2.45, 2.75) is 46.6 Å². The highest BCUT2D eigenvalue weighted by molar-refractivity contribution is 5.27. The number of rotatable bonds is 6. The van der Waals surface area contributed by atoms with Crippen molar-refractivity contribution in [1.29, 1.82) is 0 Å². The van der Waals surface area contributed by atoms with Crippen molar-refractivity contribution in [3.63, 3.8) is 0 Å². The lowest BCUT2D eigenvalue weighted by Crippen LogP contribution is -2.22. The molecule has 1 rings (SSSR count). The lowest BCUT2D eigenvalue weighted by molar-refractivity contribution is 0.431. The van der Waals surface area contributed by atoms with E-state index in [1.54, 1.807) is 6.92 Å². The van der Waals surface area contributed by atoms with Gasteiger partial charge in [-0.05, 0) is 49.9 Å². The summed E-state index contributed by atoms with van der Waals surface area (Å²) in [5.41, 5.74) is 0.802. The minimum absolute atomic E-state index is 0.104. The van der Waals surface area contributed by atoms with E-state index in [0.717, 1.165) is 19.4 Å². The van der Waals surface area contributed by atoms with Crippen molar-refractivity contribution in [2.75, 3.05) is 6.54 Å². The van der Waals surface area contributed by atoms with Crippen molar-refractivity contribution in [3.05, 3.63) is 34.9 Å². The molecule has 1 aromatic carbocycles. The average molecular weight is 255 g/mol. The van der Waals surface area contributed by atoms with Crippen LogP contribution < -0.4 is 5.32 Å². The van der Waals surface area contributed by atoms with Gasteiger partial charge in [0, 0.05) is 11.6 Å². The minimum Gasteiger partial charge on any atom is -0.310 e. The minimum atomic E-state index is -0.334. The Kier molecular flexibility index (Phi) is 5.73. The van der Waals surface area contributed by atoms with Gasteiger partial charge in [-0.3, -0.25) is 0 Å². The van der Waals surface area contributed by atoms with E-state index < -0.39 is 0 Å². The van der Waals surface area contributed by atoms with E-state index in [1.165, 1.54) is 12.1 Å². The third-order valence-corrected chi connectivity index (χ3v) is 3.14. The number of hydrogen-bond donors (Lipinski definition) is 1. The van der Waals surface area contributed by atoms with Crippen molar-refractivity contribution < 1.29 is 8.78 Å². The first-order chi connectivity index (χ1) is 8.45. The van der Waals surface area contributed by atoms with Gasteiger partial charge >= 0.3 is 0 Å². The average Bonchev–Trinajstić information content (AvgIpc) is 2.29. The maximum Gasteiger partial charge on any atom is 0.128 e. The number of hydrogen-bond acceptors (Lipinski definition) is 1. The predicted molar refractivity (Wildman–Crippen MR) is 71.6 cm³/mol. The fourth-order valence-electron chi connectivity index (χ4n) is 2.04. The van der Waals surface area contributed by atoms with Gasteiger partial charge in [0.25, 0.3) is 0 Å². The lowest BCUT2D eigenvalue weighted by Gasteiger charge is -2.20. The summed E-state index contributed by atoms with van der Waals surface area (Å²) < 4.78 is 27.5. The molecule has 0 radical (unpaired) electrons. The van der Waals surface area contributed by atoms with Crippen LogP contribution in [0, 0.1) is 24.5 Å². The normalized spacial score (nSPS) is 13.1. The first kappa shape index (κ1) is 15.1. The first-order valence-electron chi connectivity index (χ1n) is 6.64. The van der Waals surface area contributed by atoms with Crippen LogP contribution >= 0.6 is 0 Å². The molecule has 3 heteroatoms. The number of halogens is 2. The molecule has 0 heterocycles. The fraction of sp³-hybridized carbons (Fsp3) is 0.600. The molecule has 0 aliphatic heterocycles. The van der Waals surface area contributed by atoms with E-state index in [9.17, 15) is 8.78 Å². The first-order valence-corrected chi connectivity index (χ1v) is 6.64. The van der Waals surface area contributed by atoms with Crippen LogP contribution in [0.2, 0.25) is 0 Å². The van der Waals surface area contributed by atoms with Gasteiger partial charge in [0.15, 0.2) is 0 Å². The number of benzene rings is 1. The van der Waals surface area contributed by atoms with Gasteiger partial charge < -0.3 is 5.32 Å². The summed E-state index contributed by atoms with van der Waals surface area (Å²) in [4.78, 5) is 0. The molecule has 1 atom stereocenters. The summed E-state index contributed by atoms with van der Waals surface area (Å²) in [5, 5.41) is 3.24. The Bertz CT molecular complexity index is 388. The molecule has 0 saturated carbocycles. The van der Waals surface area contributed by atoms with E-state index in [1.807, 2.05) is 6.92 Å². The Morgan fingerprint density at radius 1 is 1.11 bits per heavy atom. The van der Waals surface area contributed by atoms with E-state index in [-0.39, 0.29) is 17.7 Å². The van der Waals surface area contributed by atoms with E-state index in [0.29, 0.717) is 17.0 Å². The van der Waals surface area contributed by atoms with Crippen LogP contribution in [0.5, 0.6) is 0 Å². The van der Waals surface area contributed by atoms with Crippen LogP contribution in [0.1, 0.15) is 50.8 Å². The molecule has 0 saturated heterocycles. The summed E-state index contributed by atoms with van der Waals surface area (Å²) in [6, 6.07) is 2.51. The standard InChI is InChI=1S/C15H23F2N/c1-5-18-15(7-6-10(2)3)12-9-13(16)11(4)8-14(12)17/h8-10,15,18H,5-7H2,1-4H3. The maximum absolute atomic E-state index is 13.9. The van der Waals surface area contributed by atoms with Crippen molar-refractivity contribution in [3.8, 4) is 0 Å². The van der Waals surface area contributed by atoms with Crippen LogP contribution in [-0.2, 0) is 0 Å². The molecule has 0 aliphatic rings. The zero-order valence-corrected chi connectivity index (χ0v) is 11.7. The fourth-order valence-corrected chi connectivity index (χ4v) is 2.04. The molecule has 0 spiro atoms. The molecule has 102 valence electrons. The Morgan fingerprint density at radius 3 is 2.33 bits per heavy atom. The largest absolute Gasteiger partial charge is 0.310 e. The Balaban J connectivity index is 2.94. The highest BCUT2D eigenvalue weighted by Gasteiger charge is 2.17. The molecule has 0 aliphatic carbocycles. The summed E-state index contributed by atoms with van der Waals surface area (Å²) in [5.74, 6) is -0.0908. The van der Waals surface area contributed by atoms with Gasteiger partial charge in [0.2, 0.25) is 0 Å². The summed E-state index contributed by atoms with van der Waals surface area (Å²) in [7, 11) is 0. The number of nitrogens with one attached hydrogen (secondary N) is 1. The van der Waals surface area contributed by atoms with E-state index >= 15 is 0 Å². The Hall–Kier alpha value is -0.960. The highest BCUT2D eigenvalue weighted by Crippen LogP contribution is 2.25. The van der Waals surface area contributed by atoms with Crippen LogP contribution in [-0.4, -0.2) is 6.54 Å². The quantitative estimate of drug-likeness (QED) is 0.796. The van der Waals surface area contributed by atoms with Crippen LogP contribution in [0.3, 0.4) is 0 Å². The van der Waals surface area contributed by atoms with Crippen LogP contribution in [0.4, 0.5) is 8.78 Å². The SMILES string of the molecule is CCNC(CCC(C)C)c1cc(F)c(C)cc1F. The van der Waals surface area contributed by atoms with E-state index in [4.69, 9.17) is 0 Å². The smallest absolute Gasteiger partial charge is 0.128 e. The van der Waals surface area contributed by atoms with Gasteiger partial charge in [0.05, 0.1) is 0 Å². The Labute approximate surface area is 109 Å². The van der Waals surface area contributed by atoms with Gasteiger partial charge in [-0.25, -0.2) is 8.78 Å². The zero-order chi connectivity index (χ0) is 13.7. The van der Waals surface area contributed by atoms with Gasteiger partial charge in [0.1, 0.15) is 11.6 Å². The van der Waals surface area contributed by atoms with Crippen molar-refractivity contribution in [1.82, 2.24) is 5.32 Å². The summed E-state index contributed by atoms with van der Waals surface area (Å²) in [6.07, 6.45) is 1.82. The molecule has 0 amide bonds. The second-order valence-electron chi connectivity index (χ2n) is 5.20. The second kappa shape index (κ2) is 6.83. The number of aryl methyl sites for hydroxylation is 1. The molecular weight excluding hydrogens is 232 g/mol. The maximum atomic E-state index is 13.9. The van der Waals surface area contributed by atoms with Crippen LogP contribution in [0.15, 0.2) is 12.1 Å². The van der Waals surface area contributed by atoms with Gasteiger partial charge in [-0.1, -0.05) is 20.8 Å². The second-order valence-corrected chi connectivity index (χ2v) is 5.20. The third kappa shape index (κ3) is 4.05. The molecule has 1 nitrogen and oxygen atoms in total. The van der Waals surface area contributed by atoms with Gasteiger partial charge in [-0.15, -0.1) is 0 Å². The zero-order valence-electron chi connectivity index (χ0n) is 11.7. The molecule has 0 aromatic heterocycles. The molecule has 0 bridgehead atoms. The third-order valence-electron chi connectivity index (χ3n) is 3.14. The van der Waals surface area contributed by atoms with E-state index in [2.05, 4.69) is 19.2 Å². The summed E-state index contributed by atoms with van der Waals surface area (Å²) >= 11 is 0. The molecule has 1 unspecified atom stereocenters. The monoisotopic (exact) mass is 255 g/mol. The van der Waals surface area contributed by atoms with Crippen LogP contribution in [0.25, 0.3) is 0 Å². The summed E-state index contributed by atoms with van der Waals surface area (Å²) in [6.45, 7) is 8.57. The van der Waals surface area contributed by atoms with Crippen molar-refractivity contribution >= 4 is 0 Å². The molecule has 1 N–H and O–H groups in total. The molecular formula is C15H23F2N.